The van der Waals surface area contributed by atoms with E-state index in [0.29, 0.717) is 11.0 Å². The van der Waals surface area contributed by atoms with Crippen LogP contribution in [-0.4, -0.2) is 10.2 Å². The number of hydrogen-bond acceptors (Lipinski definition) is 3. The smallest absolute Gasteiger partial charge is 0.422 e. The average Bonchev–Trinajstić information content (AvgIpc) is 2.80. The van der Waals surface area contributed by atoms with Gasteiger partial charge in [-0.2, -0.15) is 18.3 Å². The number of halogens is 3. The third-order valence-corrected chi connectivity index (χ3v) is 2.83. The molecule has 0 radical (unpaired) electrons. The Balaban J connectivity index is 2.29. The highest BCUT2D eigenvalue weighted by Crippen LogP contribution is 2.36. The molecule has 0 saturated heterocycles. The number of aromatic nitrogens is 2. The van der Waals surface area contributed by atoms with Crippen LogP contribution in [0, 0.1) is 0 Å². The summed E-state index contributed by atoms with van der Waals surface area (Å²) in [6.07, 6.45) is -3.85. The maximum Gasteiger partial charge on any atom is 0.422 e. The Bertz CT molecular complexity index is 800. The molecule has 2 heterocycles. The van der Waals surface area contributed by atoms with Crippen LogP contribution < -0.4 is 5.56 Å². The normalized spacial score (nSPS) is 11.9. The first kappa shape index (κ1) is 12.5. The van der Waals surface area contributed by atoms with Gasteiger partial charge in [0.1, 0.15) is 16.9 Å². The van der Waals surface area contributed by atoms with Crippen molar-refractivity contribution in [3.63, 3.8) is 0 Å². The number of rotatable bonds is 1. The largest absolute Gasteiger partial charge is 0.456 e. The molecule has 0 spiro atoms. The molecule has 1 aromatic carbocycles. The molecule has 0 aliphatic heterocycles. The molecule has 20 heavy (non-hydrogen) atoms. The van der Waals surface area contributed by atoms with Crippen molar-refractivity contribution in [2.24, 2.45) is 0 Å². The van der Waals surface area contributed by atoms with Gasteiger partial charge in [0.15, 0.2) is 0 Å². The number of aromatic amines is 1. The molecule has 0 saturated carbocycles. The van der Waals surface area contributed by atoms with Crippen molar-refractivity contribution in [3.05, 3.63) is 52.4 Å². The molecule has 102 valence electrons. The summed E-state index contributed by atoms with van der Waals surface area (Å²) >= 11 is 0. The van der Waals surface area contributed by atoms with Gasteiger partial charge in [0.25, 0.3) is 5.56 Å². The first-order chi connectivity index (χ1) is 9.47. The van der Waals surface area contributed by atoms with Crippen LogP contribution in [0.25, 0.3) is 22.3 Å². The Morgan fingerprint density at radius 1 is 1.20 bits per heavy atom. The SMILES string of the molecule is O=c1[nH]ncc(-c2cc3ccccc3o2)c1C(F)(F)F. The summed E-state index contributed by atoms with van der Waals surface area (Å²) in [4.78, 5) is 11.4. The number of H-pyrrole nitrogens is 1. The van der Waals surface area contributed by atoms with Crippen LogP contribution in [0.15, 0.2) is 45.7 Å². The minimum atomic E-state index is -4.79. The van der Waals surface area contributed by atoms with Crippen LogP contribution in [0.5, 0.6) is 0 Å². The molecule has 0 amide bonds. The van der Waals surface area contributed by atoms with Crippen molar-refractivity contribution in [1.82, 2.24) is 10.2 Å². The number of benzene rings is 1. The number of furan rings is 1. The van der Waals surface area contributed by atoms with Crippen molar-refractivity contribution >= 4 is 11.0 Å². The summed E-state index contributed by atoms with van der Waals surface area (Å²) < 4.78 is 44.2. The molecule has 0 bridgehead atoms. The van der Waals surface area contributed by atoms with Crippen LogP contribution in [0.1, 0.15) is 5.56 Å². The Hall–Kier alpha value is -2.57. The number of nitrogens with one attached hydrogen (secondary N) is 1. The Kier molecular flexibility index (Phi) is 2.63. The van der Waals surface area contributed by atoms with Gasteiger partial charge in [-0.25, -0.2) is 5.10 Å². The van der Waals surface area contributed by atoms with E-state index in [9.17, 15) is 18.0 Å². The third kappa shape index (κ3) is 1.97. The van der Waals surface area contributed by atoms with E-state index in [-0.39, 0.29) is 11.3 Å². The zero-order valence-electron chi connectivity index (χ0n) is 9.86. The molecule has 2 aromatic heterocycles. The van der Waals surface area contributed by atoms with Crippen molar-refractivity contribution in [2.45, 2.75) is 6.18 Å². The second-order valence-corrected chi connectivity index (χ2v) is 4.13. The molecule has 0 atom stereocenters. The van der Waals surface area contributed by atoms with Gasteiger partial charge in [-0.3, -0.25) is 4.79 Å². The molecule has 3 rings (SSSR count). The molecule has 4 nitrogen and oxygen atoms in total. The molecule has 0 aliphatic rings. The lowest BCUT2D eigenvalue weighted by Gasteiger charge is -2.08. The van der Waals surface area contributed by atoms with E-state index < -0.39 is 17.3 Å². The fourth-order valence-corrected chi connectivity index (χ4v) is 1.98. The average molecular weight is 280 g/mol. The van der Waals surface area contributed by atoms with Crippen LogP contribution in [0.3, 0.4) is 0 Å². The maximum atomic E-state index is 13.0. The summed E-state index contributed by atoms with van der Waals surface area (Å²) in [6, 6.07) is 8.22. The van der Waals surface area contributed by atoms with Crippen LogP contribution in [-0.2, 0) is 6.18 Å². The number of para-hydroxylation sites is 1. The second-order valence-electron chi connectivity index (χ2n) is 4.13. The quantitative estimate of drug-likeness (QED) is 0.744. The molecular weight excluding hydrogens is 273 g/mol. The minimum absolute atomic E-state index is 0.0443. The predicted octanol–water partition coefficient (Wildman–Crippen LogP) is 3.20. The van der Waals surface area contributed by atoms with Gasteiger partial charge < -0.3 is 4.42 Å². The number of alkyl halides is 3. The highest BCUT2D eigenvalue weighted by atomic mass is 19.4. The molecule has 1 N–H and O–H groups in total. The van der Waals surface area contributed by atoms with Gasteiger partial charge in [-0.15, -0.1) is 0 Å². The van der Waals surface area contributed by atoms with E-state index >= 15 is 0 Å². The van der Waals surface area contributed by atoms with E-state index in [1.54, 1.807) is 29.4 Å². The summed E-state index contributed by atoms with van der Waals surface area (Å²) in [5.41, 5.74) is -2.55. The molecule has 0 aliphatic carbocycles. The maximum absolute atomic E-state index is 13.0. The monoisotopic (exact) mass is 280 g/mol. The third-order valence-electron chi connectivity index (χ3n) is 2.83. The van der Waals surface area contributed by atoms with Gasteiger partial charge in [0, 0.05) is 5.39 Å². The molecule has 3 aromatic rings. The Labute approximate surface area is 109 Å². The second kappa shape index (κ2) is 4.22. The van der Waals surface area contributed by atoms with E-state index in [1.807, 2.05) is 0 Å². The first-order valence-corrected chi connectivity index (χ1v) is 5.60. The number of nitrogens with zero attached hydrogens (tertiary/aromatic N) is 1. The van der Waals surface area contributed by atoms with Gasteiger partial charge in [0.2, 0.25) is 0 Å². The van der Waals surface area contributed by atoms with Gasteiger partial charge >= 0.3 is 6.18 Å². The zero-order chi connectivity index (χ0) is 14.3. The van der Waals surface area contributed by atoms with E-state index in [0.717, 1.165) is 6.20 Å². The van der Waals surface area contributed by atoms with E-state index in [2.05, 4.69) is 5.10 Å². The summed E-state index contributed by atoms with van der Waals surface area (Å²) in [5.74, 6) is -0.0443. The zero-order valence-corrected chi connectivity index (χ0v) is 9.86. The highest BCUT2D eigenvalue weighted by molar-refractivity contribution is 5.83. The predicted molar refractivity (Wildman–Crippen MR) is 65.1 cm³/mol. The Morgan fingerprint density at radius 3 is 2.65 bits per heavy atom. The molecule has 0 fully saturated rings. The van der Waals surface area contributed by atoms with E-state index in [1.165, 1.54) is 6.07 Å². The number of hydrogen-bond donors (Lipinski definition) is 1. The lowest BCUT2D eigenvalue weighted by Crippen LogP contribution is -2.23. The van der Waals surface area contributed by atoms with Crippen molar-refractivity contribution in [2.75, 3.05) is 0 Å². The van der Waals surface area contributed by atoms with Crippen LogP contribution >= 0.6 is 0 Å². The van der Waals surface area contributed by atoms with Crippen LogP contribution in [0.4, 0.5) is 13.2 Å². The van der Waals surface area contributed by atoms with Gasteiger partial charge in [0.05, 0.1) is 11.8 Å². The van der Waals surface area contributed by atoms with Gasteiger partial charge in [-0.05, 0) is 12.1 Å². The van der Waals surface area contributed by atoms with Crippen LogP contribution in [0.2, 0.25) is 0 Å². The topological polar surface area (TPSA) is 58.9 Å². The van der Waals surface area contributed by atoms with E-state index in [4.69, 9.17) is 4.42 Å². The summed E-state index contributed by atoms with van der Waals surface area (Å²) in [5, 5.41) is 5.84. The molecule has 7 heteroatoms. The lowest BCUT2D eigenvalue weighted by molar-refractivity contribution is -0.138. The highest BCUT2D eigenvalue weighted by Gasteiger charge is 2.38. The Morgan fingerprint density at radius 2 is 1.95 bits per heavy atom. The summed E-state index contributed by atoms with van der Waals surface area (Å²) in [6.45, 7) is 0. The fourth-order valence-electron chi connectivity index (χ4n) is 1.98. The van der Waals surface area contributed by atoms with Crippen molar-refractivity contribution < 1.29 is 17.6 Å². The van der Waals surface area contributed by atoms with Gasteiger partial charge in [-0.1, -0.05) is 18.2 Å². The first-order valence-electron chi connectivity index (χ1n) is 5.60. The lowest BCUT2D eigenvalue weighted by atomic mass is 10.1. The van der Waals surface area contributed by atoms with Crippen molar-refractivity contribution in [3.8, 4) is 11.3 Å². The standard InChI is InChI=1S/C13H7F3N2O2/c14-13(15,16)11-8(6-17-18-12(11)19)10-5-7-3-1-2-4-9(7)20-10/h1-6H,(H,18,19). The molecular formula is C13H7F3N2O2. The molecule has 0 unspecified atom stereocenters. The minimum Gasteiger partial charge on any atom is -0.456 e. The number of fused-ring (bicyclic) bond motifs is 1. The fraction of sp³-hybridized carbons (Fsp3) is 0.0769. The van der Waals surface area contributed by atoms with Crippen molar-refractivity contribution in [1.29, 1.82) is 0 Å². The summed E-state index contributed by atoms with van der Waals surface area (Å²) in [7, 11) is 0.